The molecule has 0 aliphatic rings. The van der Waals surface area contributed by atoms with Crippen LogP contribution in [0.3, 0.4) is 0 Å². The zero-order chi connectivity index (χ0) is 13.8. The predicted octanol–water partition coefficient (Wildman–Crippen LogP) is 4.39. The van der Waals surface area contributed by atoms with Gasteiger partial charge in [-0.3, -0.25) is 0 Å². The van der Waals surface area contributed by atoms with Gasteiger partial charge < -0.3 is 5.73 Å². The second-order valence-corrected chi connectivity index (χ2v) is 5.60. The van der Waals surface area contributed by atoms with Gasteiger partial charge in [0.2, 0.25) is 0 Å². The quantitative estimate of drug-likeness (QED) is 0.887. The molecule has 0 heterocycles. The topological polar surface area (TPSA) is 26.0 Å². The summed E-state index contributed by atoms with van der Waals surface area (Å²) in [5.74, 6) is -0.263. The molecule has 2 N–H and O–H groups in total. The monoisotopic (exact) mass is 321 g/mol. The Bertz CT molecular complexity index is 531. The van der Waals surface area contributed by atoms with Crippen LogP contribution in [0.4, 0.5) is 4.39 Å². The number of halogens is 2. The standard InChI is InChI=1S/C16H17BrFN/c1-2-11-3-5-12(6-4-11)7-16(19)13-8-14(17)10-15(18)9-13/h3-6,8-10,16H,2,7,19H2,1H3. The van der Waals surface area contributed by atoms with E-state index in [1.54, 1.807) is 0 Å². The Balaban J connectivity index is 2.13. The molecule has 3 heteroatoms. The van der Waals surface area contributed by atoms with Crippen LogP contribution in [-0.2, 0) is 12.8 Å². The first-order chi connectivity index (χ1) is 9.08. The largest absolute Gasteiger partial charge is 0.324 e. The summed E-state index contributed by atoms with van der Waals surface area (Å²) in [6, 6.07) is 13.0. The third kappa shape index (κ3) is 3.88. The van der Waals surface area contributed by atoms with Crippen LogP contribution < -0.4 is 5.73 Å². The number of hydrogen-bond donors (Lipinski definition) is 1. The highest BCUT2D eigenvalue weighted by atomic mass is 79.9. The molecule has 0 aliphatic carbocycles. The van der Waals surface area contributed by atoms with Crippen LogP contribution >= 0.6 is 15.9 Å². The van der Waals surface area contributed by atoms with Gasteiger partial charge in [-0.25, -0.2) is 4.39 Å². The van der Waals surface area contributed by atoms with Gasteiger partial charge in [0.05, 0.1) is 0 Å². The van der Waals surface area contributed by atoms with Crippen molar-refractivity contribution in [1.29, 1.82) is 0 Å². The zero-order valence-corrected chi connectivity index (χ0v) is 12.5. The van der Waals surface area contributed by atoms with Crippen LogP contribution in [0.25, 0.3) is 0 Å². The van der Waals surface area contributed by atoms with E-state index in [0.717, 1.165) is 16.5 Å². The molecule has 0 aliphatic heterocycles. The minimum atomic E-state index is -0.263. The molecular weight excluding hydrogens is 305 g/mol. The second-order valence-electron chi connectivity index (χ2n) is 4.68. The molecule has 0 saturated heterocycles. The fourth-order valence-electron chi connectivity index (χ4n) is 2.07. The van der Waals surface area contributed by atoms with Crippen LogP contribution in [0.1, 0.15) is 29.7 Å². The number of nitrogens with two attached hydrogens (primary N) is 1. The van der Waals surface area contributed by atoms with Crippen molar-refractivity contribution in [3.05, 3.63) is 69.4 Å². The van der Waals surface area contributed by atoms with Gasteiger partial charge in [-0.05, 0) is 47.7 Å². The summed E-state index contributed by atoms with van der Waals surface area (Å²) >= 11 is 3.29. The minimum absolute atomic E-state index is 0.195. The number of hydrogen-bond acceptors (Lipinski definition) is 1. The normalized spacial score (nSPS) is 12.4. The van der Waals surface area contributed by atoms with Crippen LogP contribution in [0, 0.1) is 5.82 Å². The minimum Gasteiger partial charge on any atom is -0.324 e. The number of aryl methyl sites for hydroxylation is 1. The van der Waals surface area contributed by atoms with Crippen molar-refractivity contribution >= 4 is 15.9 Å². The van der Waals surface area contributed by atoms with Gasteiger partial charge in [-0.15, -0.1) is 0 Å². The van der Waals surface area contributed by atoms with Crippen molar-refractivity contribution in [3.8, 4) is 0 Å². The van der Waals surface area contributed by atoms with Crippen LogP contribution in [-0.4, -0.2) is 0 Å². The molecule has 0 bridgehead atoms. The maximum atomic E-state index is 13.3. The molecular formula is C16H17BrFN. The highest BCUT2D eigenvalue weighted by Crippen LogP contribution is 2.22. The lowest BCUT2D eigenvalue weighted by atomic mass is 9.98. The summed E-state index contributed by atoms with van der Waals surface area (Å²) in [6.45, 7) is 2.13. The Morgan fingerprint density at radius 1 is 1.11 bits per heavy atom. The Labute approximate surface area is 121 Å². The molecule has 1 nitrogen and oxygen atoms in total. The summed E-state index contributed by atoms with van der Waals surface area (Å²) in [5, 5.41) is 0. The van der Waals surface area contributed by atoms with E-state index in [1.807, 2.05) is 6.07 Å². The summed E-state index contributed by atoms with van der Waals surface area (Å²) in [5.41, 5.74) is 9.44. The Morgan fingerprint density at radius 3 is 2.32 bits per heavy atom. The molecule has 100 valence electrons. The molecule has 0 amide bonds. The average Bonchev–Trinajstić information content (AvgIpc) is 2.38. The molecule has 19 heavy (non-hydrogen) atoms. The van der Waals surface area contributed by atoms with Gasteiger partial charge in [0, 0.05) is 10.5 Å². The first-order valence-corrected chi connectivity index (χ1v) is 7.17. The first kappa shape index (κ1) is 14.2. The molecule has 1 atom stereocenters. The maximum absolute atomic E-state index is 13.3. The SMILES string of the molecule is CCc1ccc(CC(N)c2cc(F)cc(Br)c2)cc1. The Hall–Kier alpha value is -1.19. The highest BCUT2D eigenvalue weighted by molar-refractivity contribution is 9.10. The van der Waals surface area contributed by atoms with Gasteiger partial charge in [0.1, 0.15) is 5.82 Å². The van der Waals surface area contributed by atoms with E-state index in [9.17, 15) is 4.39 Å². The van der Waals surface area contributed by atoms with Crippen molar-refractivity contribution in [2.45, 2.75) is 25.8 Å². The molecule has 0 radical (unpaired) electrons. The fraction of sp³-hybridized carbons (Fsp3) is 0.250. The van der Waals surface area contributed by atoms with Crippen LogP contribution in [0.15, 0.2) is 46.9 Å². The van der Waals surface area contributed by atoms with Crippen molar-refractivity contribution < 1.29 is 4.39 Å². The molecule has 0 fully saturated rings. The van der Waals surface area contributed by atoms with E-state index in [-0.39, 0.29) is 11.9 Å². The van der Waals surface area contributed by atoms with E-state index in [2.05, 4.69) is 47.1 Å². The van der Waals surface area contributed by atoms with Crippen molar-refractivity contribution in [2.75, 3.05) is 0 Å². The van der Waals surface area contributed by atoms with Crippen LogP contribution in [0.5, 0.6) is 0 Å². The smallest absolute Gasteiger partial charge is 0.124 e. The summed E-state index contributed by atoms with van der Waals surface area (Å²) < 4.78 is 14.1. The maximum Gasteiger partial charge on any atom is 0.124 e. The number of benzene rings is 2. The van der Waals surface area contributed by atoms with Gasteiger partial charge >= 0.3 is 0 Å². The number of rotatable bonds is 4. The summed E-state index contributed by atoms with van der Waals surface area (Å²) in [4.78, 5) is 0. The van der Waals surface area contributed by atoms with E-state index in [0.29, 0.717) is 6.42 Å². The molecule has 2 aromatic rings. The first-order valence-electron chi connectivity index (χ1n) is 6.38. The van der Waals surface area contributed by atoms with E-state index in [4.69, 9.17) is 5.73 Å². The lowest BCUT2D eigenvalue weighted by molar-refractivity contribution is 0.617. The molecule has 0 aromatic heterocycles. The van der Waals surface area contributed by atoms with E-state index >= 15 is 0 Å². The Morgan fingerprint density at radius 2 is 1.74 bits per heavy atom. The molecule has 0 spiro atoms. The van der Waals surface area contributed by atoms with Crippen molar-refractivity contribution in [2.24, 2.45) is 5.73 Å². The van der Waals surface area contributed by atoms with Crippen LogP contribution in [0.2, 0.25) is 0 Å². The average molecular weight is 322 g/mol. The lowest BCUT2D eigenvalue weighted by Crippen LogP contribution is -2.13. The third-order valence-electron chi connectivity index (χ3n) is 3.20. The van der Waals surface area contributed by atoms with Gasteiger partial charge in [-0.2, -0.15) is 0 Å². The highest BCUT2D eigenvalue weighted by Gasteiger charge is 2.09. The second kappa shape index (κ2) is 6.31. The molecule has 2 aromatic carbocycles. The fourth-order valence-corrected chi connectivity index (χ4v) is 2.56. The molecule has 0 saturated carbocycles. The Kier molecular flexibility index (Phi) is 4.72. The predicted molar refractivity (Wildman–Crippen MR) is 80.6 cm³/mol. The van der Waals surface area contributed by atoms with Crippen molar-refractivity contribution in [3.63, 3.8) is 0 Å². The third-order valence-corrected chi connectivity index (χ3v) is 3.66. The van der Waals surface area contributed by atoms with Gasteiger partial charge in [-0.1, -0.05) is 47.1 Å². The zero-order valence-electron chi connectivity index (χ0n) is 10.9. The molecule has 1 unspecified atom stereocenters. The van der Waals surface area contributed by atoms with E-state index in [1.165, 1.54) is 23.3 Å². The summed E-state index contributed by atoms with van der Waals surface area (Å²) in [6.07, 6.45) is 1.74. The van der Waals surface area contributed by atoms with E-state index < -0.39 is 0 Å². The van der Waals surface area contributed by atoms with Crippen molar-refractivity contribution in [1.82, 2.24) is 0 Å². The lowest BCUT2D eigenvalue weighted by Gasteiger charge is -2.13. The molecule has 2 rings (SSSR count). The summed E-state index contributed by atoms with van der Waals surface area (Å²) in [7, 11) is 0. The van der Waals surface area contributed by atoms with Gasteiger partial charge in [0.15, 0.2) is 0 Å². The van der Waals surface area contributed by atoms with Gasteiger partial charge in [0.25, 0.3) is 0 Å².